The SMILES string of the molecule is CC(=O)c1ccc(N(C)C2CCSC2)c(Br)c1. The standard InChI is InChI=1S/C13H16BrNOS/c1-9(16)10-3-4-13(12(14)7-10)15(2)11-5-6-17-8-11/h3-4,7,11H,5-6,8H2,1-2H3. The quantitative estimate of drug-likeness (QED) is 0.795. The van der Waals surface area contributed by atoms with Gasteiger partial charge >= 0.3 is 0 Å². The number of carbonyl (C=O) groups is 1. The van der Waals surface area contributed by atoms with Gasteiger partial charge < -0.3 is 4.90 Å². The third-order valence-corrected chi connectivity index (χ3v) is 4.97. The van der Waals surface area contributed by atoms with Crippen LogP contribution in [0.4, 0.5) is 5.69 Å². The van der Waals surface area contributed by atoms with Crippen molar-refractivity contribution >= 4 is 39.2 Å². The fourth-order valence-electron chi connectivity index (χ4n) is 2.04. The Balaban J connectivity index is 2.23. The molecule has 0 amide bonds. The molecule has 1 atom stereocenters. The maximum absolute atomic E-state index is 11.3. The molecule has 0 aromatic heterocycles. The van der Waals surface area contributed by atoms with Crippen molar-refractivity contribution < 1.29 is 4.79 Å². The van der Waals surface area contributed by atoms with Gasteiger partial charge in [0.1, 0.15) is 0 Å². The molecule has 0 radical (unpaired) electrons. The molecule has 2 nitrogen and oxygen atoms in total. The minimum absolute atomic E-state index is 0.108. The number of hydrogen-bond donors (Lipinski definition) is 0. The van der Waals surface area contributed by atoms with Gasteiger partial charge in [0.05, 0.1) is 5.69 Å². The topological polar surface area (TPSA) is 20.3 Å². The van der Waals surface area contributed by atoms with E-state index in [-0.39, 0.29) is 5.78 Å². The maximum atomic E-state index is 11.3. The first-order chi connectivity index (χ1) is 8.09. The van der Waals surface area contributed by atoms with Crippen LogP contribution in [0.3, 0.4) is 0 Å². The molecular formula is C13H16BrNOS. The molecule has 92 valence electrons. The van der Waals surface area contributed by atoms with Gasteiger partial charge in [0.25, 0.3) is 0 Å². The van der Waals surface area contributed by atoms with Crippen molar-refractivity contribution in [3.8, 4) is 0 Å². The number of benzene rings is 1. The van der Waals surface area contributed by atoms with Crippen LogP contribution in [-0.2, 0) is 0 Å². The van der Waals surface area contributed by atoms with Gasteiger partial charge in [-0.25, -0.2) is 0 Å². The van der Waals surface area contributed by atoms with Gasteiger partial charge in [0.15, 0.2) is 5.78 Å². The molecule has 1 aliphatic rings. The van der Waals surface area contributed by atoms with Crippen molar-refractivity contribution in [3.05, 3.63) is 28.2 Å². The van der Waals surface area contributed by atoms with Crippen molar-refractivity contribution in [1.29, 1.82) is 0 Å². The lowest BCUT2D eigenvalue weighted by Gasteiger charge is -2.27. The highest BCUT2D eigenvalue weighted by Gasteiger charge is 2.21. The van der Waals surface area contributed by atoms with Crippen LogP contribution in [0.25, 0.3) is 0 Å². The number of rotatable bonds is 3. The zero-order valence-electron chi connectivity index (χ0n) is 10.1. The van der Waals surface area contributed by atoms with Crippen molar-refractivity contribution in [2.45, 2.75) is 19.4 Å². The van der Waals surface area contributed by atoms with Crippen LogP contribution in [-0.4, -0.2) is 30.4 Å². The van der Waals surface area contributed by atoms with E-state index in [1.54, 1.807) is 6.92 Å². The Morgan fingerprint density at radius 2 is 2.29 bits per heavy atom. The monoisotopic (exact) mass is 313 g/mol. The predicted octanol–water partition coefficient (Wildman–Crippen LogP) is 3.59. The van der Waals surface area contributed by atoms with Crippen LogP contribution >= 0.6 is 27.7 Å². The average molecular weight is 314 g/mol. The van der Waals surface area contributed by atoms with Gasteiger partial charge in [-0.05, 0) is 53.2 Å². The highest BCUT2D eigenvalue weighted by atomic mass is 79.9. The van der Waals surface area contributed by atoms with Crippen LogP contribution in [0, 0.1) is 0 Å². The van der Waals surface area contributed by atoms with E-state index in [0.29, 0.717) is 6.04 Å². The Kier molecular flexibility index (Phi) is 4.15. The summed E-state index contributed by atoms with van der Waals surface area (Å²) in [6.45, 7) is 1.60. The van der Waals surface area contributed by atoms with E-state index in [9.17, 15) is 4.79 Å². The Labute approximate surface area is 115 Å². The summed E-state index contributed by atoms with van der Waals surface area (Å²) < 4.78 is 1.00. The first kappa shape index (κ1) is 13.0. The number of anilines is 1. The van der Waals surface area contributed by atoms with Crippen molar-refractivity contribution in [1.82, 2.24) is 0 Å². The summed E-state index contributed by atoms with van der Waals surface area (Å²) in [5.74, 6) is 2.55. The van der Waals surface area contributed by atoms with Crippen molar-refractivity contribution in [3.63, 3.8) is 0 Å². The molecule has 0 aliphatic carbocycles. The van der Waals surface area contributed by atoms with Crippen molar-refractivity contribution in [2.75, 3.05) is 23.5 Å². The first-order valence-corrected chi connectivity index (χ1v) is 7.65. The van der Waals surface area contributed by atoms with E-state index in [4.69, 9.17) is 0 Å². The number of ketones is 1. The van der Waals surface area contributed by atoms with E-state index < -0.39 is 0 Å². The van der Waals surface area contributed by atoms with Crippen LogP contribution in [0.5, 0.6) is 0 Å². The van der Waals surface area contributed by atoms with E-state index in [1.807, 2.05) is 30.0 Å². The van der Waals surface area contributed by atoms with Gasteiger partial charge in [-0.15, -0.1) is 0 Å². The van der Waals surface area contributed by atoms with Gasteiger partial charge in [-0.2, -0.15) is 11.8 Å². The Morgan fingerprint density at radius 1 is 1.53 bits per heavy atom. The molecule has 1 unspecified atom stereocenters. The highest BCUT2D eigenvalue weighted by Crippen LogP contribution is 2.31. The summed E-state index contributed by atoms with van der Waals surface area (Å²) in [5.41, 5.74) is 1.93. The number of hydrogen-bond acceptors (Lipinski definition) is 3. The molecule has 1 saturated heterocycles. The second-order valence-electron chi connectivity index (χ2n) is 4.35. The van der Waals surface area contributed by atoms with Gasteiger partial charge in [-0.3, -0.25) is 4.79 Å². The van der Waals surface area contributed by atoms with Crippen LogP contribution in [0.2, 0.25) is 0 Å². The van der Waals surface area contributed by atoms with E-state index in [0.717, 1.165) is 10.0 Å². The molecule has 2 rings (SSSR count). The fraction of sp³-hybridized carbons (Fsp3) is 0.462. The first-order valence-electron chi connectivity index (χ1n) is 5.70. The predicted molar refractivity (Wildman–Crippen MR) is 78.3 cm³/mol. The smallest absolute Gasteiger partial charge is 0.159 e. The molecule has 0 saturated carbocycles. The second-order valence-corrected chi connectivity index (χ2v) is 6.35. The summed E-state index contributed by atoms with van der Waals surface area (Å²) in [4.78, 5) is 13.6. The molecule has 1 heterocycles. The fourth-order valence-corrected chi connectivity index (χ4v) is 3.96. The van der Waals surface area contributed by atoms with Gasteiger partial charge in [-0.1, -0.05) is 0 Å². The molecule has 1 fully saturated rings. The van der Waals surface area contributed by atoms with E-state index in [1.165, 1.54) is 23.6 Å². The van der Waals surface area contributed by atoms with Crippen LogP contribution in [0.15, 0.2) is 22.7 Å². The maximum Gasteiger partial charge on any atom is 0.159 e. The van der Waals surface area contributed by atoms with E-state index in [2.05, 4.69) is 27.9 Å². The minimum Gasteiger partial charge on any atom is -0.370 e. The summed E-state index contributed by atoms with van der Waals surface area (Å²) >= 11 is 5.57. The molecule has 1 aliphatic heterocycles. The lowest BCUT2D eigenvalue weighted by Crippen LogP contribution is -2.31. The lowest BCUT2D eigenvalue weighted by molar-refractivity contribution is 0.101. The average Bonchev–Trinajstić information content (AvgIpc) is 2.81. The number of nitrogens with zero attached hydrogens (tertiary/aromatic N) is 1. The molecule has 4 heteroatoms. The third kappa shape index (κ3) is 2.86. The summed E-state index contributed by atoms with van der Waals surface area (Å²) in [5, 5.41) is 0. The summed E-state index contributed by atoms with van der Waals surface area (Å²) in [6, 6.07) is 6.46. The molecule has 1 aromatic carbocycles. The molecule has 0 bridgehead atoms. The van der Waals surface area contributed by atoms with E-state index >= 15 is 0 Å². The van der Waals surface area contributed by atoms with Crippen molar-refractivity contribution in [2.24, 2.45) is 0 Å². The Hall–Kier alpha value is -0.480. The number of carbonyl (C=O) groups excluding carboxylic acids is 1. The third-order valence-electron chi connectivity index (χ3n) is 3.19. The highest BCUT2D eigenvalue weighted by molar-refractivity contribution is 9.10. The number of Topliss-reactive ketones (excluding diaryl/α,β-unsaturated/α-hetero) is 1. The Bertz CT molecular complexity index is 429. The number of halogens is 1. The molecule has 1 aromatic rings. The molecule has 0 spiro atoms. The van der Waals surface area contributed by atoms with Gasteiger partial charge in [0, 0.05) is 28.9 Å². The summed E-state index contributed by atoms with van der Waals surface area (Å²) in [7, 11) is 2.13. The second kappa shape index (κ2) is 5.44. The lowest BCUT2D eigenvalue weighted by atomic mass is 10.1. The van der Waals surface area contributed by atoms with Crippen LogP contribution in [0.1, 0.15) is 23.7 Å². The number of thioether (sulfide) groups is 1. The zero-order chi connectivity index (χ0) is 12.4. The molecule has 17 heavy (non-hydrogen) atoms. The Morgan fingerprint density at radius 3 is 2.82 bits per heavy atom. The minimum atomic E-state index is 0.108. The zero-order valence-corrected chi connectivity index (χ0v) is 12.5. The van der Waals surface area contributed by atoms with Crippen LogP contribution < -0.4 is 4.90 Å². The largest absolute Gasteiger partial charge is 0.370 e. The summed E-state index contributed by atoms with van der Waals surface area (Å²) in [6.07, 6.45) is 1.24. The van der Waals surface area contributed by atoms with Gasteiger partial charge in [0.2, 0.25) is 0 Å². The normalized spacial score (nSPS) is 19.4. The molecular weight excluding hydrogens is 298 g/mol. The molecule has 0 N–H and O–H groups in total.